The molecule has 6 rings (SSSR count). The third kappa shape index (κ3) is 5.47. The first-order valence-electron chi connectivity index (χ1n) is 14.1. The molecule has 5 fully saturated rings. The van der Waals surface area contributed by atoms with Gasteiger partial charge < -0.3 is 9.80 Å². The molecule has 4 aliphatic carbocycles. The van der Waals surface area contributed by atoms with Gasteiger partial charge in [-0.3, -0.25) is 19.4 Å². The van der Waals surface area contributed by atoms with E-state index in [4.69, 9.17) is 0 Å². The van der Waals surface area contributed by atoms with Crippen LogP contribution in [-0.4, -0.2) is 89.3 Å². The molecule has 7 heteroatoms. The van der Waals surface area contributed by atoms with E-state index >= 15 is 0 Å². The van der Waals surface area contributed by atoms with Crippen LogP contribution in [0.5, 0.6) is 0 Å². The Morgan fingerprint density at radius 3 is 1.78 bits per heavy atom. The smallest absolute Gasteiger partial charge is 0.237 e. The van der Waals surface area contributed by atoms with Gasteiger partial charge in [0, 0.05) is 51.4 Å². The minimum absolute atomic E-state index is 0.0295. The number of carbonyl (C=O) groups is 2. The SMILES string of the molecule is CCN(CC)C(=O)CN1CCN(CC(=O)N(Cc2ccc(F)cc2)C23CC4CC(CC(C4)C2)C3)CC1. The Balaban J connectivity index is 1.24. The molecule has 6 nitrogen and oxygen atoms in total. The largest absolute Gasteiger partial charge is 0.342 e. The Morgan fingerprint density at radius 2 is 1.31 bits per heavy atom. The molecule has 0 N–H and O–H groups in total. The summed E-state index contributed by atoms with van der Waals surface area (Å²) in [5.74, 6) is 2.44. The first-order chi connectivity index (χ1) is 17.4. The maximum atomic E-state index is 14.0. The maximum Gasteiger partial charge on any atom is 0.237 e. The third-order valence-corrected chi connectivity index (χ3v) is 9.43. The van der Waals surface area contributed by atoms with Gasteiger partial charge in [-0.25, -0.2) is 4.39 Å². The number of nitrogens with zero attached hydrogens (tertiary/aromatic N) is 4. The number of hydrogen-bond donors (Lipinski definition) is 0. The van der Waals surface area contributed by atoms with Gasteiger partial charge in [-0.15, -0.1) is 0 Å². The van der Waals surface area contributed by atoms with Crippen LogP contribution in [0.25, 0.3) is 0 Å². The highest BCUT2D eigenvalue weighted by atomic mass is 19.1. The molecule has 0 aromatic heterocycles. The van der Waals surface area contributed by atoms with Crippen molar-refractivity contribution in [2.45, 2.75) is 64.5 Å². The van der Waals surface area contributed by atoms with Crippen molar-refractivity contribution < 1.29 is 14.0 Å². The van der Waals surface area contributed by atoms with Gasteiger partial charge in [-0.05, 0) is 87.8 Å². The van der Waals surface area contributed by atoms with E-state index < -0.39 is 0 Å². The second-order valence-electron chi connectivity index (χ2n) is 11.9. The van der Waals surface area contributed by atoms with E-state index in [1.165, 1.54) is 31.4 Å². The summed E-state index contributed by atoms with van der Waals surface area (Å²) in [6, 6.07) is 6.69. The molecule has 198 valence electrons. The quantitative estimate of drug-likeness (QED) is 0.522. The number of benzene rings is 1. The molecule has 1 aromatic rings. The molecular formula is C29H43FN4O2. The van der Waals surface area contributed by atoms with Crippen molar-refractivity contribution in [3.63, 3.8) is 0 Å². The molecule has 2 amide bonds. The number of rotatable bonds is 9. The first kappa shape index (κ1) is 25.7. The fraction of sp³-hybridized carbons (Fsp3) is 0.724. The molecule has 1 aliphatic heterocycles. The number of piperazine rings is 1. The number of likely N-dealkylation sites (N-methyl/N-ethyl adjacent to an activating group) is 1. The monoisotopic (exact) mass is 498 g/mol. The molecule has 1 aromatic carbocycles. The molecule has 1 heterocycles. The Bertz CT molecular complexity index is 888. The van der Waals surface area contributed by atoms with E-state index in [9.17, 15) is 14.0 Å². The van der Waals surface area contributed by atoms with Crippen LogP contribution in [0, 0.1) is 23.6 Å². The van der Waals surface area contributed by atoms with Gasteiger partial charge in [0.2, 0.25) is 11.8 Å². The average Bonchev–Trinajstić information content (AvgIpc) is 2.84. The van der Waals surface area contributed by atoms with Crippen molar-refractivity contribution in [3.05, 3.63) is 35.6 Å². The highest BCUT2D eigenvalue weighted by Gasteiger charge is 2.54. The fourth-order valence-corrected chi connectivity index (χ4v) is 7.94. The number of halogens is 1. The van der Waals surface area contributed by atoms with E-state index in [1.54, 1.807) is 0 Å². The van der Waals surface area contributed by atoms with E-state index in [0.29, 0.717) is 19.6 Å². The summed E-state index contributed by atoms with van der Waals surface area (Å²) in [7, 11) is 0. The predicted octanol–water partition coefficient (Wildman–Crippen LogP) is 3.61. The van der Waals surface area contributed by atoms with Crippen LogP contribution in [0.15, 0.2) is 24.3 Å². The summed E-state index contributed by atoms with van der Waals surface area (Å²) in [6.07, 6.45) is 7.41. The van der Waals surface area contributed by atoms with Crippen molar-refractivity contribution in [2.24, 2.45) is 17.8 Å². The molecule has 0 spiro atoms. The van der Waals surface area contributed by atoms with Crippen LogP contribution in [0.4, 0.5) is 4.39 Å². The van der Waals surface area contributed by atoms with E-state index in [0.717, 1.165) is 81.8 Å². The molecule has 0 unspecified atom stereocenters. The Labute approximate surface area is 215 Å². The topological polar surface area (TPSA) is 47.1 Å². The normalized spacial score (nSPS) is 29.9. The Morgan fingerprint density at radius 1 is 0.833 bits per heavy atom. The molecule has 1 saturated heterocycles. The number of hydrogen-bond acceptors (Lipinski definition) is 4. The lowest BCUT2D eigenvalue weighted by atomic mass is 9.52. The lowest BCUT2D eigenvalue weighted by Gasteiger charge is -2.60. The molecule has 4 bridgehead atoms. The zero-order valence-electron chi connectivity index (χ0n) is 22.1. The molecule has 0 radical (unpaired) electrons. The fourth-order valence-electron chi connectivity index (χ4n) is 7.94. The summed E-state index contributed by atoms with van der Waals surface area (Å²) in [5, 5.41) is 0. The average molecular weight is 499 g/mol. The van der Waals surface area contributed by atoms with Crippen LogP contribution in [0.2, 0.25) is 0 Å². The van der Waals surface area contributed by atoms with Crippen molar-refractivity contribution in [3.8, 4) is 0 Å². The first-order valence-corrected chi connectivity index (χ1v) is 14.1. The minimum Gasteiger partial charge on any atom is -0.342 e. The van der Waals surface area contributed by atoms with Gasteiger partial charge in [0.05, 0.1) is 13.1 Å². The summed E-state index contributed by atoms with van der Waals surface area (Å²) >= 11 is 0. The summed E-state index contributed by atoms with van der Waals surface area (Å²) in [6.45, 7) is 10.3. The van der Waals surface area contributed by atoms with Crippen LogP contribution in [-0.2, 0) is 16.1 Å². The van der Waals surface area contributed by atoms with E-state index in [-0.39, 0.29) is 23.2 Å². The molecular weight excluding hydrogens is 455 g/mol. The van der Waals surface area contributed by atoms with E-state index in [2.05, 4.69) is 14.7 Å². The van der Waals surface area contributed by atoms with Gasteiger partial charge in [0.1, 0.15) is 5.82 Å². The highest BCUT2D eigenvalue weighted by Crippen LogP contribution is 2.58. The van der Waals surface area contributed by atoms with E-state index in [1.807, 2.05) is 30.9 Å². The van der Waals surface area contributed by atoms with Crippen molar-refractivity contribution >= 4 is 11.8 Å². The minimum atomic E-state index is -0.233. The molecule has 5 aliphatic rings. The van der Waals surface area contributed by atoms with Crippen LogP contribution in [0.3, 0.4) is 0 Å². The third-order valence-electron chi connectivity index (χ3n) is 9.43. The van der Waals surface area contributed by atoms with Crippen LogP contribution < -0.4 is 0 Å². The van der Waals surface area contributed by atoms with Crippen LogP contribution >= 0.6 is 0 Å². The highest BCUT2D eigenvalue weighted by molar-refractivity contribution is 5.79. The van der Waals surface area contributed by atoms with Crippen LogP contribution in [0.1, 0.15) is 57.9 Å². The summed E-state index contributed by atoms with van der Waals surface area (Å²) in [4.78, 5) is 35.0. The summed E-state index contributed by atoms with van der Waals surface area (Å²) < 4.78 is 13.6. The zero-order valence-corrected chi connectivity index (χ0v) is 22.1. The molecule has 4 saturated carbocycles. The zero-order chi connectivity index (χ0) is 25.3. The van der Waals surface area contributed by atoms with Gasteiger partial charge in [-0.1, -0.05) is 12.1 Å². The molecule has 36 heavy (non-hydrogen) atoms. The van der Waals surface area contributed by atoms with Crippen molar-refractivity contribution in [2.75, 3.05) is 52.4 Å². The number of amides is 2. The van der Waals surface area contributed by atoms with Gasteiger partial charge >= 0.3 is 0 Å². The second kappa shape index (κ2) is 10.8. The lowest BCUT2D eigenvalue weighted by Crippen LogP contribution is -2.62. The number of carbonyl (C=O) groups excluding carboxylic acids is 2. The predicted molar refractivity (Wildman–Crippen MR) is 139 cm³/mol. The van der Waals surface area contributed by atoms with Gasteiger partial charge in [-0.2, -0.15) is 0 Å². The van der Waals surface area contributed by atoms with Gasteiger partial charge in [0.15, 0.2) is 0 Å². The Kier molecular flexibility index (Phi) is 7.68. The molecule has 0 atom stereocenters. The Hall–Kier alpha value is -1.99. The maximum absolute atomic E-state index is 14.0. The standard InChI is InChI=1S/C29H43FN4O2/c1-3-33(4-2)27(35)20-31-9-11-32(12-10-31)21-28(36)34(19-22-5-7-26(30)8-6-22)29-16-23-13-24(17-29)15-25(14-23)18-29/h5-8,23-25H,3-4,9-21H2,1-2H3. The second-order valence-corrected chi connectivity index (χ2v) is 11.9. The van der Waals surface area contributed by atoms with Crippen molar-refractivity contribution in [1.82, 2.24) is 19.6 Å². The van der Waals surface area contributed by atoms with Crippen molar-refractivity contribution in [1.29, 1.82) is 0 Å². The lowest BCUT2D eigenvalue weighted by molar-refractivity contribution is -0.154. The van der Waals surface area contributed by atoms with Gasteiger partial charge in [0.25, 0.3) is 0 Å². The summed E-state index contributed by atoms with van der Waals surface area (Å²) in [5.41, 5.74) is 0.985.